The highest BCUT2D eigenvalue weighted by Crippen LogP contribution is 2.46. The Kier molecular flexibility index (Phi) is 8.56. The fraction of sp³-hybridized carbons (Fsp3) is 0.786. The van der Waals surface area contributed by atoms with Gasteiger partial charge in [-0.05, 0) is 57.8 Å². The summed E-state index contributed by atoms with van der Waals surface area (Å²) in [7, 11) is -3.81. The zero-order chi connectivity index (χ0) is 28.5. The van der Waals surface area contributed by atoms with Crippen molar-refractivity contribution in [3.63, 3.8) is 0 Å². The zero-order valence-corrected chi connectivity index (χ0v) is 23.9. The molecule has 0 unspecified atom stereocenters. The summed E-state index contributed by atoms with van der Waals surface area (Å²) in [6.45, 7) is 1.37. The minimum atomic E-state index is -3.81. The number of amides is 4. The topological polar surface area (TPSA) is 153 Å². The molecule has 222 valence electrons. The minimum absolute atomic E-state index is 0.0168. The summed E-state index contributed by atoms with van der Waals surface area (Å²) in [6.07, 6.45) is 11.1. The molecule has 0 aromatic heterocycles. The summed E-state index contributed by atoms with van der Waals surface area (Å²) < 4.78 is 27.2. The largest absolute Gasteiger partial charge is 0.391 e. The molecular weight excluding hydrogens is 536 g/mol. The highest BCUT2D eigenvalue weighted by Gasteiger charge is 2.62. The molecule has 4 amide bonds. The van der Waals surface area contributed by atoms with E-state index in [2.05, 4.69) is 10.0 Å². The Morgan fingerprint density at radius 1 is 1.05 bits per heavy atom. The molecule has 11 nitrogen and oxygen atoms in total. The molecule has 0 aromatic rings. The average molecular weight is 579 g/mol. The van der Waals surface area contributed by atoms with Crippen LogP contribution in [0.25, 0.3) is 0 Å². The molecule has 2 saturated carbocycles. The van der Waals surface area contributed by atoms with Gasteiger partial charge in [0.2, 0.25) is 27.7 Å². The van der Waals surface area contributed by atoms with Crippen LogP contribution in [0.3, 0.4) is 0 Å². The van der Waals surface area contributed by atoms with Crippen LogP contribution in [0.2, 0.25) is 0 Å². The van der Waals surface area contributed by atoms with Gasteiger partial charge in [-0.1, -0.05) is 25.0 Å². The van der Waals surface area contributed by atoms with E-state index in [0.717, 1.165) is 44.9 Å². The number of hydrogen-bond acceptors (Lipinski definition) is 7. The van der Waals surface area contributed by atoms with Gasteiger partial charge in [-0.3, -0.25) is 23.9 Å². The van der Waals surface area contributed by atoms with Crippen molar-refractivity contribution in [3.05, 3.63) is 12.2 Å². The minimum Gasteiger partial charge on any atom is -0.391 e. The molecule has 3 N–H and O–H groups in total. The average Bonchev–Trinajstić information content (AvgIpc) is 3.84. The van der Waals surface area contributed by atoms with Crippen LogP contribution in [0.5, 0.6) is 0 Å². The molecule has 0 spiro atoms. The number of carbonyl (C=O) groups excluding carboxylic acids is 4. The number of piperidine rings is 1. The van der Waals surface area contributed by atoms with E-state index < -0.39 is 50.7 Å². The summed E-state index contributed by atoms with van der Waals surface area (Å²) in [6, 6.07) is -1.00. The van der Waals surface area contributed by atoms with Crippen LogP contribution >= 0.6 is 0 Å². The van der Waals surface area contributed by atoms with Crippen LogP contribution < -0.4 is 10.0 Å². The van der Waals surface area contributed by atoms with Gasteiger partial charge in [-0.15, -0.1) is 0 Å². The maximum absolute atomic E-state index is 13.8. The molecule has 0 aromatic carbocycles. The van der Waals surface area contributed by atoms with E-state index in [0.29, 0.717) is 32.4 Å². The number of allylic oxidation sites excluding steroid dienone is 1. The Balaban J connectivity index is 1.36. The summed E-state index contributed by atoms with van der Waals surface area (Å²) >= 11 is 0. The molecule has 5 rings (SSSR count). The van der Waals surface area contributed by atoms with E-state index in [1.807, 2.05) is 17.1 Å². The first kappa shape index (κ1) is 29.0. The first-order chi connectivity index (χ1) is 19.1. The fourth-order valence-electron chi connectivity index (χ4n) is 6.39. The molecule has 3 aliphatic heterocycles. The second-order valence-corrected chi connectivity index (χ2v) is 14.2. The molecule has 12 heteroatoms. The van der Waals surface area contributed by atoms with Crippen molar-refractivity contribution < 1.29 is 32.7 Å². The number of fused-ring (bicyclic) bond motifs is 2. The number of nitrogens with one attached hydrogen (secondary N) is 2. The van der Waals surface area contributed by atoms with Crippen molar-refractivity contribution in [3.8, 4) is 0 Å². The van der Waals surface area contributed by atoms with Crippen molar-refractivity contribution in [1.29, 1.82) is 0 Å². The lowest BCUT2D eigenvalue weighted by Gasteiger charge is -2.31. The van der Waals surface area contributed by atoms with Crippen LogP contribution in [0.15, 0.2) is 12.2 Å². The summed E-state index contributed by atoms with van der Waals surface area (Å²) in [4.78, 5) is 57.0. The number of likely N-dealkylation sites (tertiary alicyclic amines) is 1. The second-order valence-electron chi connectivity index (χ2n) is 12.3. The van der Waals surface area contributed by atoms with E-state index in [1.165, 1.54) is 4.90 Å². The molecule has 2 aliphatic carbocycles. The van der Waals surface area contributed by atoms with Gasteiger partial charge in [0.25, 0.3) is 5.91 Å². The van der Waals surface area contributed by atoms with Crippen molar-refractivity contribution in [2.45, 2.75) is 106 Å². The van der Waals surface area contributed by atoms with Gasteiger partial charge in [0.15, 0.2) is 0 Å². The van der Waals surface area contributed by atoms with Crippen molar-refractivity contribution in [2.75, 3.05) is 19.6 Å². The van der Waals surface area contributed by atoms with Gasteiger partial charge in [0.05, 0.1) is 11.4 Å². The first-order valence-electron chi connectivity index (χ1n) is 14.9. The van der Waals surface area contributed by atoms with Gasteiger partial charge in [-0.2, -0.15) is 0 Å². The number of nitrogens with zero attached hydrogens (tertiary/aromatic N) is 2. The molecule has 4 fully saturated rings. The number of hydrogen-bond donors (Lipinski definition) is 3. The molecule has 0 radical (unpaired) electrons. The third-order valence-electron chi connectivity index (χ3n) is 9.10. The third-order valence-corrected chi connectivity index (χ3v) is 10.9. The lowest BCUT2D eigenvalue weighted by atomic mass is 9.94. The molecule has 5 atom stereocenters. The summed E-state index contributed by atoms with van der Waals surface area (Å²) in [5.41, 5.74) is -1.42. The Morgan fingerprint density at radius 2 is 1.77 bits per heavy atom. The van der Waals surface area contributed by atoms with Crippen LogP contribution in [-0.2, 0) is 29.2 Å². The first-order valence-corrected chi connectivity index (χ1v) is 16.5. The van der Waals surface area contributed by atoms with Gasteiger partial charge < -0.3 is 20.2 Å². The fourth-order valence-corrected chi connectivity index (χ4v) is 7.76. The Bertz CT molecular complexity index is 1150. The molecule has 5 aliphatic rings. The number of aliphatic hydroxyl groups is 1. The standard InChI is InChI=1S/C28H42N4O7S/c33-21-16-23-25(35)29-28(27(37)30-40(38,39)22-11-12-22)17-20(28)10-6-3-1-2-5-9-19(26(36)32(23)18-21)15-24(34)31-13-7-4-8-14-31/h6,10,19-23,33H,1-5,7-9,11-18H2,(H,29,35)(H,30,37)/b10-6-/t19-,20-,21-,23+,28-/m1/s1. The molecule has 40 heavy (non-hydrogen) atoms. The normalized spacial score (nSPS) is 34.5. The van der Waals surface area contributed by atoms with Crippen LogP contribution in [0, 0.1) is 11.8 Å². The van der Waals surface area contributed by atoms with Crippen molar-refractivity contribution in [1.82, 2.24) is 19.8 Å². The van der Waals surface area contributed by atoms with Crippen LogP contribution in [-0.4, -0.2) is 89.5 Å². The maximum Gasteiger partial charge on any atom is 0.259 e. The van der Waals surface area contributed by atoms with Crippen LogP contribution in [0.1, 0.15) is 83.5 Å². The molecular formula is C28H42N4O7S. The Hall–Kier alpha value is -2.47. The quantitative estimate of drug-likeness (QED) is 0.411. The van der Waals surface area contributed by atoms with E-state index in [4.69, 9.17) is 0 Å². The Labute approximate surface area is 236 Å². The smallest absolute Gasteiger partial charge is 0.259 e. The van der Waals surface area contributed by atoms with Crippen molar-refractivity contribution in [2.24, 2.45) is 11.8 Å². The zero-order valence-electron chi connectivity index (χ0n) is 23.1. The van der Waals surface area contributed by atoms with Crippen molar-refractivity contribution >= 4 is 33.7 Å². The monoisotopic (exact) mass is 578 g/mol. The van der Waals surface area contributed by atoms with Gasteiger partial charge >= 0.3 is 0 Å². The number of carbonyl (C=O) groups is 4. The predicted octanol–water partition coefficient (Wildman–Crippen LogP) is 0.971. The number of aliphatic hydroxyl groups excluding tert-OH is 1. The lowest BCUT2D eigenvalue weighted by Crippen LogP contribution is -2.57. The van der Waals surface area contributed by atoms with E-state index in [9.17, 15) is 32.7 Å². The molecule has 3 heterocycles. The van der Waals surface area contributed by atoms with Gasteiger partial charge in [-0.25, -0.2) is 8.42 Å². The maximum atomic E-state index is 13.8. The van der Waals surface area contributed by atoms with E-state index >= 15 is 0 Å². The third kappa shape index (κ3) is 6.37. The van der Waals surface area contributed by atoms with Crippen LogP contribution in [0.4, 0.5) is 0 Å². The number of sulfonamides is 1. The number of rotatable bonds is 5. The highest BCUT2D eigenvalue weighted by molar-refractivity contribution is 7.91. The predicted molar refractivity (Wildman–Crippen MR) is 146 cm³/mol. The summed E-state index contributed by atoms with van der Waals surface area (Å²) in [5.74, 6) is -2.67. The second kappa shape index (κ2) is 11.8. The molecule has 2 saturated heterocycles. The SMILES string of the molecule is O=C1N[C@]2(C(=O)NS(=O)(=O)C3CC3)C[C@H]2/C=C\CCCCC[C@H](CC(=O)N2CCCCC2)C(=O)N2C[C@H](O)C[C@@H]12. The lowest BCUT2D eigenvalue weighted by molar-refractivity contribution is -0.145. The Morgan fingerprint density at radius 3 is 2.50 bits per heavy atom. The highest BCUT2D eigenvalue weighted by atomic mass is 32.2. The molecule has 0 bridgehead atoms. The van der Waals surface area contributed by atoms with Gasteiger partial charge in [0, 0.05) is 44.3 Å². The van der Waals surface area contributed by atoms with E-state index in [1.54, 1.807) is 0 Å². The van der Waals surface area contributed by atoms with Gasteiger partial charge in [0.1, 0.15) is 11.6 Å². The summed E-state index contributed by atoms with van der Waals surface area (Å²) in [5, 5.41) is 12.7. The van der Waals surface area contributed by atoms with E-state index in [-0.39, 0.29) is 43.5 Å².